The summed E-state index contributed by atoms with van der Waals surface area (Å²) in [5.74, 6) is 1.41. The summed E-state index contributed by atoms with van der Waals surface area (Å²) in [4.78, 5) is 16.1. The number of hydrogen-bond acceptors (Lipinski definition) is 8. The summed E-state index contributed by atoms with van der Waals surface area (Å²) in [6.07, 6.45) is 1.53. The van der Waals surface area contributed by atoms with Gasteiger partial charge in [0.2, 0.25) is 5.95 Å². The summed E-state index contributed by atoms with van der Waals surface area (Å²) in [7, 11) is 1.63. The maximum Gasteiger partial charge on any atom is 0.338 e. The molecule has 2 N–H and O–H groups in total. The molecule has 0 saturated carbocycles. The van der Waals surface area contributed by atoms with Gasteiger partial charge in [0.15, 0.2) is 5.82 Å². The van der Waals surface area contributed by atoms with Crippen molar-refractivity contribution in [3.63, 3.8) is 0 Å². The molecule has 0 fully saturated rings. The minimum atomic E-state index is -0.345. The lowest BCUT2D eigenvalue weighted by atomic mass is 10.2. The maximum atomic E-state index is 11.7. The van der Waals surface area contributed by atoms with Crippen LogP contribution >= 0.6 is 0 Å². The van der Waals surface area contributed by atoms with Gasteiger partial charge in [-0.2, -0.15) is 10.1 Å². The summed E-state index contributed by atoms with van der Waals surface area (Å²) in [6, 6.07) is 14.7. The van der Waals surface area contributed by atoms with Gasteiger partial charge in [0.05, 0.1) is 25.5 Å². The Hall–Kier alpha value is -3.68. The van der Waals surface area contributed by atoms with E-state index < -0.39 is 0 Å². The van der Waals surface area contributed by atoms with Gasteiger partial charge in [-0.25, -0.2) is 4.79 Å². The van der Waals surface area contributed by atoms with E-state index in [1.807, 2.05) is 24.3 Å². The highest BCUT2D eigenvalue weighted by molar-refractivity contribution is 5.89. The number of esters is 1. The highest BCUT2D eigenvalue weighted by Gasteiger charge is 2.06. The number of methoxy groups -OCH3 is 1. The van der Waals surface area contributed by atoms with Crippen LogP contribution in [0.5, 0.6) is 5.75 Å². The number of aromatic nitrogens is 3. The molecule has 0 radical (unpaired) electrons. The molecular formula is C20H21N5O3. The van der Waals surface area contributed by atoms with E-state index in [0.717, 1.165) is 17.0 Å². The van der Waals surface area contributed by atoms with E-state index in [4.69, 9.17) is 9.47 Å². The lowest BCUT2D eigenvalue weighted by molar-refractivity contribution is 0.0526. The molecule has 1 heterocycles. The fourth-order valence-corrected chi connectivity index (χ4v) is 2.42. The molecule has 28 heavy (non-hydrogen) atoms. The smallest absolute Gasteiger partial charge is 0.338 e. The van der Waals surface area contributed by atoms with E-state index in [9.17, 15) is 4.79 Å². The average Bonchev–Trinajstić information content (AvgIpc) is 2.73. The number of nitrogens with one attached hydrogen (secondary N) is 2. The third kappa shape index (κ3) is 5.16. The second kappa shape index (κ2) is 9.31. The van der Waals surface area contributed by atoms with Gasteiger partial charge in [0, 0.05) is 12.2 Å². The Morgan fingerprint density at radius 2 is 1.82 bits per heavy atom. The second-order valence-electron chi connectivity index (χ2n) is 5.79. The van der Waals surface area contributed by atoms with Crippen LogP contribution in [0.2, 0.25) is 0 Å². The van der Waals surface area contributed by atoms with Crippen LogP contribution in [0.15, 0.2) is 54.7 Å². The number of nitrogens with zero attached hydrogens (tertiary/aromatic N) is 3. The van der Waals surface area contributed by atoms with Gasteiger partial charge in [-0.05, 0) is 48.9 Å². The van der Waals surface area contributed by atoms with Crippen LogP contribution < -0.4 is 15.4 Å². The van der Waals surface area contributed by atoms with Crippen molar-refractivity contribution in [3.8, 4) is 5.75 Å². The van der Waals surface area contributed by atoms with Crippen molar-refractivity contribution in [1.29, 1.82) is 0 Å². The zero-order chi connectivity index (χ0) is 19.8. The van der Waals surface area contributed by atoms with E-state index in [-0.39, 0.29) is 5.97 Å². The van der Waals surface area contributed by atoms with Crippen LogP contribution in [0, 0.1) is 0 Å². The molecule has 0 saturated heterocycles. The molecule has 0 aliphatic heterocycles. The Labute approximate surface area is 162 Å². The van der Waals surface area contributed by atoms with Crippen molar-refractivity contribution < 1.29 is 14.3 Å². The highest BCUT2D eigenvalue weighted by Crippen LogP contribution is 2.16. The first-order valence-corrected chi connectivity index (χ1v) is 8.78. The molecule has 0 bridgehead atoms. The molecule has 8 heteroatoms. The van der Waals surface area contributed by atoms with Crippen LogP contribution in [0.4, 0.5) is 17.5 Å². The van der Waals surface area contributed by atoms with Crippen molar-refractivity contribution in [3.05, 3.63) is 65.9 Å². The molecule has 3 aromatic rings. The first kappa shape index (κ1) is 19.1. The molecule has 1 aromatic heterocycles. The monoisotopic (exact) mass is 379 g/mol. The SMILES string of the molecule is CCOC(=O)c1ccc(Nc2cnnc(NCc3ccc(OC)cc3)n2)cc1. The molecule has 3 rings (SSSR count). The molecule has 0 atom stereocenters. The third-order valence-electron chi connectivity index (χ3n) is 3.84. The fraction of sp³-hybridized carbons (Fsp3) is 0.200. The Bertz CT molecular complexity index is 914. The number of carbonyl (C=O) groups is 1. The molecule has 0 amide bonds. The molecule has 144 valence electrons. The zero-order valence-electron chi connectivity index (χ0n) is 15.7. The van der Waals surface area contributed by atoms with Crippen LogP contribution in [0.1, 0.15) is 22.8 Å². The fourth-order valence-electron chi connectivity index (χ4n) is 2.42. The van der Waals surface area contributed by atoms with Gasteiger partial charge in [-0.15, -0.1) is 5.10 Å². The molecule has 0 spiro atoms. The van der Waals surface area contributed by atoms with Gasteiger partial charge < -0.3 is 20.1 Å². The summed E-state index contributed by atoms with van der Waals surface area (Å²) in [5.41, 5.74) is 2.34. The van der Waals surface area contributed by atoms with Crippen LogP contribution in [0.25, 0.3) is 0 Å². The van der Waals surface area contributed by atoms with Crippen LogP contribution in [-0.2, 0) is 11.3 Å². The number of benzene rings is 2. The van der Waals surface area contributed by atoms with E-state index in [2.05, 4.69) is 25.8 Å². The van der Waals surface area contributed by atoms with Crippen molar-refractivity contribution in [1.82, 2.24) is 15.2 Å². The second-order valence-corrected chi connectivity index (χ2v) is 5.79. The van der Waals surface area contributed by atoms with Gasteiger partial charge in [-0.3, -0.25) is 0 Å². The Balaban J connectivity index is 1.60. The Morgan fingerprint density at radius 1 is 1.07 bits per heavy atom. The number of carbonyl (C=O) groups excluding carboxylic acids is 1. The average molecular weight is 379 g/mol. The van der Waals surface area contributed by atoms with Crippen molar-refractivity contribution in [2.75, 3.05) is 24.4 Å². The van der Waals surface area contributed by atoms with Gasteiger partial charge >= 0.3 is 5.97 Å². The van der Waals surface area contributed by atoms with Crippen molar-refractivity contribution in [2.24, 2.45) is 0 Å². The van der Waals surface area contributed by atoms with E-state index in [1.165, 1.54) is 6.20 Å². The standard InChI is InChI=1S/C20H21N5O3/c1-3-28-19(26)15-6-8-16(9-7-15)23-18-13-22-25-20(24-18)21-12-14-4-10-17(27-2)11-5-14/h4-11,13H,3,12H2,1-2H3,(H2,21,23,24,25). The topological polar surface area (TPSA) is 98.3 Å². The number of anilines is 3. The summed E-state index contributed by atoms with van der Waals surface area (Å²) >= 11 is 0. The first-order chi connectivity index (χ1) is 13.7. The van der Waals surface area contributed by atoms with Gasteiger partial charge in [0.25, 0.3) is 0 Å². The predicted molar refractivity (Wildman–Crippen MR) is 106 cm³/mol. The third-order valence-corrected chi connectivity index (χ3v) is 3.84. The summed E-state index contributed by atoms with van der Waals surface area (Å²) in [5, 5.41) is 14.2. The number of hydrogen-bond donors (Lipinski definition) is 2. The molecule has 0 unspecified atom stereocenters. The quantitative estimate of drug-likeness (QED) is 0.575. The van der Waals surface area contributed by atoms with Crippen molar-refractivity contribution >= 4 is 23.4 Å². The van der Waals surface area contributed by atoms with Crippen LogP contribution in [0.3, 0.4) is 0 Å². The van der Waals surface area contributed by atoms with E-state index in [0.29, 0.717) is 30.5 Å². The summed E-state index contributed by atoms with van der Waals surface area (Å²) in [6.45, 7) is 2.68. The maximum absolute atomic E-state index is 11.7. The number of rotatable bonds is 8. The molecule has 0 aliphatic carbocycles. The minimum absolute atomic E-state index is 0.345. The van der Waals surface area contributed by atoms with Gasteiger partial charge in [-0.1, -0.05) is 12.1 Å². The van der Waals surface area contributed by atoms with Crippen LogP contribution in [-0.4, -0.2) is 34.9 Å². The lowest BCUT2D eigenvalue weighted by Crippen LogP contribution is -2.07. The molecular weight excluding hydrogens is 358 g/mol. The minimum Gasteiger partial charge on any atom is -0.497 e. The Kier molecular flexibility index (Phi) is 6.35. The predicted octanol–water partition coefficient (Wildman–Crippen LogP) is 3.41. The van der Waals surface area contributed by atoms with E-state index >= 15 is 0 Å². The number of ether oxygens (including phenoxy) is 2. The van der Waals surface area contributed by atoms with E-state index in [1.54, 1.807) is 38.3 Å². The summed E-state index contributed by atoms with van der Waals surface area (Å²) < 4.78 is 10.1. The highest BCUT2D eigenvalue weighted by atomic mass is 16.5. The first-order valence-electron chi connectivity index (χ1n) is 8.78. The lowest BCUT2D eigenvalue weighted by Gasteiger charge is -2.09. The van der Waals surface area contributed by atoms with Gasteiger partial charge in [0.1, 0.15) is 5.75 Å². The molecule has 8 nitrogen and oxygen atoms in total. The molecule has 2 aromatic carbocycles. The Morgan fingerprint density at radius 3 is 2.50 bits per heavy atom. The molecule has 0 aliphatic rings. The normalized spacial score (nSPS) is 10.2. The largest absolute Gasteiger partial charge is 0.497 e. The van der Waals surface area contributed by atoms with Crippen molar-refractivity contribution in [2.45, 2.75) is 13.5 Å². The zero-order valence-corrected chi connectivity index (χ0v) is 15.7.